The second-order valence-electron chi connectivity index (χ2n) is 6.69. The number of nitrogens with two attached hydrogens (primary N) is 1. The molecule has 3 aliphatic rings. The van der Waals surface area contributed by atoms with Gasteiger partial charge in [-0.15, -0.1) is 0 Å². The van der Waals surface area contributed by atoms with Crippen molar-refractivity contribution in [2.45, 2.75) is 51.1 Å². The topological polar surface area (TPSA) is 44.9 Å². The number of aliphatic imine (C=N–C) groups is 1. The van der Waals surface area contributed by atoms with Gasteiger partial charge in [0, 0.05) is 25.7 Å². The van der Waals surface area contributed by atoms with Gasteiger partial charge >= 0.3 is 0 Å². The Morgan fingerprint density at radius 1 is 1.33 bits per heavy atom. The van der Waals surface area contributed by atoms with Crippen molar-refractivity contribution in [3.8, 4) is 0 Å². The van der Waals surface area contributed by atoms with E-state index in [2.05, 4.69) is 28.6 Å². The molecular formula is C14H26N4. The molecule has 1 saturated carbocycles. The normalized spacial score (nSPS) is 28.2. The van der Waals surface area contributed by atoms with Crippen LogP contribution in [-0.4, -0.2) is 53.5 Å². The Bertz CT molecular complexity index is 338. The molecule has 1 saturated heterocycles. The average Bonchev–Trinajstić information content (AvgIpc) is 3.09. The number of guanidine groups is 1. The largest absolute Gasteiger partial charge is 0.370 e. The van der Waals surface area contributed by atoms with Gasteiger partial charge in [-0.3, -0.25) is 4.99 Å². The van der Waals surface area contributed by atoms with Crippen molar-refractivity contribution < 1.29 is 0 Å². The summed E-state index contributed by atoms with van der Waals surface area (Å²) in [5.41, 5.74) is 6.38. The van der Waals surface area contributed by atoms with E-state index in [9.17, 15) is 0 Å². The fourth-order valence-electron chi connectivity index (χ4n) is 3.60. The maximum atomic E-state index is 6.10. The lowest BCUT2D eigenvalue weighted by atomic mass is 9.86. The highest BCUT2D eigenvalue weighted by Crippen LogP contribution is 2.41. The Labute approximate surface area is 110 Å². The molecule has 0 atom stereocenters. The molecule has 2 N–H and O–H groups in total. The lowest BCUT2D eigenvalue weighted by Crippen LogP contribution is -2.58. The van der Waals surface area contributed by atoms with Gasteiger partial charge in [-0.1, -0.05) is 13.8 Å². The smallest absolute Gasteiger partial charge is 0.192 e. The van der Waals surface area contributed by atoms with Crippen LogP contribution in [0.15, 0.2) is 4.99 Å². The summed E-state index contributed by atoms with van der Waals surface area (Å²) in [7, 11) is 0. The van der Waals surface area contributed by atoms with E-state index in [-0.39, 0.29) is 5.54 Å². The van der Waals surface area contributed by atoms with E-state index in [0.717, 1.165) is 18.4 Å². The Morgan fingerprint density at radius 2 is 2.00 bits per heavy atom. The minimum absolute atomic E-state index is 0.277. The molecule has 0 radical (unpaired) electrons. The Kier molecular flexibility index (Phi) is 3.00. The van der Waals surface area contributed by atoms with Crippen LogP contribution in [0.2, 0.25) is 0 Å². The molecule has 2 fully saturated rings. The van der Waals surface area contributed by atoms with E-state index in [1.54, 1.807) is 0 Å². The van der Waals surface area contributed by atoms with E-state index in [1.165, 1.54) is 45.3 Å². The number of piperidine rings is 1. The van der Waals surface area contributed by atoms with Crippen LogP contribution in [-0.2, 0) is 0 Å². The summed E-state index contributed by atoms with van der Waals surface area (Å²) >= 11 is 0. The molecule has 18 heavy (non-hydrogen) atoms. The number of hydrogen-bond acceptors (Lipinski definition) is 4. The van der Waals surface area contributed by atoms with Crippen LogP contribution in [0.5, 0.6) is 0 Å². The van der Waals surface area contributed by atoms with Gasteiger partial charge in [0.2, 0.25) is 0 Å². The molecule has 0 aromatic heterocycles. The fourth-order valence-corrected chi connectivity index (χ4v) is 3.60. The van der Waals surface area contributed by atoms with Crippen molar-refractivity contribution in [2.24, 2.45) is 16.6 Å². The minimum atomic E-state index is 0.277. The van der Waals surface area contributed by atoms with Crippen LogP contribution in [0, 0.1) is 5.92 Å². The first-order chi connectivity index (χ1) is 8.61. The van der Waals surface area contributed by atoms with E-state index in [1.807, 2.05) is 0 Å². The highest BCUT2D eigenvalue weighted by molar-refractivity contribution is 5.81. The number of likely N-dealkylation sites (tertiary alicyclic amines) is 1. The quantitative estimate of drug-likeness (QED) is 0.820. The number of hydrogen-bond donors (Lipinski definition) is 1. The molecular weight excluding hydrogens is 224 g/mol. The molecule has 0 unspecified atom stereocenters. The molecule has 2 heterocycles. The summed E-state index contributed by atoms with van der Waals surface area (Å²) in [6, 6.07) is 0.702. The van der Waals surface area contributed by atoms with Crippen molar-refractivity contribution in [1.29, 1.82) is 0 Å². The third kappa shape index (κ3) is 2.11. The van der Waals surface area contributed by atoms with Crippen LogP contribution in [0.3, 0.4) is 0 Å². The lowest BCUT2D eigenvalue weighted by Gasteiger charge is -2.45. The van der Waals surface area contributed by atoms with E-state index >= 15 is 0 Å². The number of nitrogens with zero attached hydrogens (tertiary/aromatic N) is 3. The predicted molar refractivity (Wildman–Crippen MR) is 74.6 cm³/mol. The van der Waals surface area contributed by atoms with E-state index < -0.39 is 0 Å². The van der Waals surface area contributed by atoms with E-state index in [4.69, 9.17) is 5.73 Å². The lowest BCUT2D eigenvalue weighted by molar-refractivity contribution is 0.0756. The van der Waals surface area contributed by atoms with Crippen LogP contribution >= 0.6 is 0 Å². The number of rotatable bonds is 3. The summed E-state index contributed by atoms with van der Waals surface area (Å²) < 4.78 is 0. The third-order valence-corrected chi connectivity index (χ3v) is 4.62. The van der Waals surface area contributed by atoms with Crippen molar-refractivity contribution >= 4 is 5.96 Å². The molecule has 102 valence electrons. The second kappa shape index (κ2) is 4.41. The minimum Gasteiger partial charge on any atom is -0.370 e. The van der Waals surface area contributed by atoms with Gasteiger partial charge in [-0.25, -0.2) is 0 Å². The second-order valence-corrected chi connectivity index (χ2v) is 6.69. The van der Waals surface area contributed by atoms with E-state index in [0.29, 0.717) is 6.04 Å². The van der Waals surface area contributed by atoms with Crippen molar-refractivity contribution in [2.75, 3.05) is 26.2 Å². The van der Waals surface area contributed by atoms with Crippen molar-refractivity contribution in [3.63, 3.8) is 0 Å². The standard InChI is InChI=1S/C14H26N4/c1-11(2)9-17-7-5-14(6-8-17)10-16-13(15)18(14)12-3-4-12/h11-12H,3-10H2,1-2H3,(H2,15,16). The summed E-state index contributed by atoms with van der Waals surface area (Å²) in [4.78, 5) is 9.62. The highest BCUT2D eigenvalue weighted by atomic mass is 15.4. The maximum absolute atomic E-state index is 6.10. The SMILES string of the molecule is CC(C)CN1CCC2(CC1)CN=C(N)N2C1CC1. The Hall–Kier alpha value is -0.770. The van der Waals surface area contributed by atoms with Crippen LogP contribution in [0.25, 0.3) is 0 Å². The summed E-state index contributed by atoms with van der Waals surface area (Å²) in [5, 5.41) is 0. The molecule has 4 nitrogen and oxygen atoms in total. The predicted octanol–water partition coefficient (Wildman–Crippen LogP) is 1.27. The van der Waals surface area contributed by atoms with Crippen molar-refractivity contribution in [3.05, 3.63) is 0 Å². The van der Waals surface area contributed by atoms with Gasteiger partial charge < -0.3 is 15.5 Å². The average molecular weight is 250 g/mol. The monoisotopic (exact) mass is 250 g/mol. The summed E-state index contributed by atoms with van der Waals surface area (Å²) in [6.07, 6.45) is 5.10. The molecule has 1 spiro atoms. The zero-order chi connectivity index (χ0) is 12.8. The van der Waals surface area contributed by atoms with Crippen LogP contribution in [0.4, 0.5) is 0 Å². The van der Waals surface area contributed by atoms with Gasteiger partial charge in [0.1, 0.15) is 0 Å². The van der Waals surface area contributed by atoms with Gasteiger partial charge in [-0.05, 0) is 31.6 Å². The highest BCUT2D eigenvalue weighted by Gasteiger charge is 2.49. The Morgan fingerprint density at radius 3 is 2.56 bits per heavy atom. The first kappa shape index (κ1) is 12.3. The summed E-state index contributed by atoms with van der Waals surface area (Å²) in [5.74, 6) is 1.58. The zero-order valence-corrected chi connectivity index (χ0v) is 11.7. The van der Waals surface area contributed by atoms with Gasteiger partial charge in [0.25, 0.3) is 0 Å². The molecule has 0 aromatic carbocycles. The molecule has 0 bridgehead atoms. The maximum Gasteiger partial charge on any atom is 0.192 e. The molecule has 2 aliphatic heterocycles. The van der Waals surface area contributed by atoms with Crippen molar-refractivity contribution in [1.82, 2.24) is 9.80 Å². The first-order valence-electron chi connectivity index (χ1n) is 7.42. The van der Waals surface area contributed by atoms with Gasteiger partial charge in [0.05, 0.1) is 12.1 Å². The molecule has 0 amide bonds. The zero-order valence-electron chi connectivity index (χ0n) is 11.7. The van der Waals surface area contributed by atoms with Crippen LogP contribution in [0.1, 0.15) is 39.5 Å². The molecule has 4 heteroatoms. The molecule has 1 aliphatic carbocycles. The first-order valence-corrected chi connectivity index (χ1v) is 7.42. The molecule has 0 aromatic rings. The third-order valence-electron chi connectivity index (χ3n) is 4.62. The summed E-state index contributed by atoms with van der Waals surface area (Å²) in [6.45, 7) is 9.20. The molecule has 3 rings (SSSR count). The Balaban J connectivity index is 1.64. The van der Waals surface area contributed by atoms with Gasteiger partial charge in [0.15, 0.2) is 5.96 Å². The van der Waals surface area contributed by atoms with Crippen LogP contribution < -0.4 is 5.73 Å². The van der Waals surface area contributed by atoms with Gasteiger partial charge in [-0.2, -0.15) is 0 Å². The fraction of sp³-hybridized carbons (Fsp3) is 0.929.